The predicted octanol–water partition coefficient (Wildman–Crippen LogP) is 2.68. The molecule has 0 spiro atoms. The average Bonchev–Trinajstić information content (AvgIpc) is 3.54. The van der Waals surface area contributed by atoms with Crippen LogP contribution in [0.15, 0.2) is 48.5 Å². The molecule has 2 aliphatic heterocycles. The summed E-state index contributed by atoms with van der Waals surface area (Å²) in [6, 6.07) is 14.9. The first-order valence-corrected chi connectivity index (χ1v) is 13.7. The Hall–Kier alpha value is -3.08. The number of aromatic amines is 1. The Balaban J connectivity index is 1.18. The minimum atomic E-state index is -2.91. The summed E-state index contributed by atoms with van der Waals surface area (Å²) >= 11 is 0. The third-order valence-corrected chi connectivity index (χ3v) is 8.02. The minimum Gasteiger partial charge on any atom is -0.378 e. The van der Waals surface area contributed by atoms with Gasteiger partial charge in [0.25, 0.3) is 5.91 Å². The highest BCUT2D eigenvalue weighted by atomic mass is 32.2. The third-order valence-electron chi connectivity index (χ3n) is 6.41. The van der Waals surface area contributed by atoms with Gasteiger partial charge in [0.05, 0.1) is 17.6 Å². The van der Waals surface area contributed by atoms with Crippen molar-refractivity contribution in [1.29, 1.82) is 0 Å². The van der Waals surface area contributed by atoms with Crippen LogP contribution >= 0.6 is 0 Å². The number of rotatable bonds is 7. The van der Waals surface area contributed by atoms with Gasteiger partial charge in [-0.05, 0) is 54.8 Å². The first-order valence-electron chi connectivity index (χ1n) is 11.9. The molecular formula is C25H29N5O4S. The third kappa shape index (κ3) is 6.14. The summed E-state index contributed by atoms with van der Waals surface area (Å²) in [7, 11) is -2.91. The Morgan fingerprint density at radius 1 is 1.14 bits per heavy atom. The summed E-state index contributed by atoms with van der Waals surface area (Å²) in [6.45, 7) is 2.47. The molecule has 3 heterocycles. The summed E-state index contributed by atoms with van der Waals surface area (Å²) in [4.78, 5) is 19.5. The van der Waals surface area contributed by atoms with Gasteiger partial charge in [-0.1, -0.05) is 12.1 Å². The molecule has 3 aromatic rings. The van der Waals surface area contributed by atoms with Crippen LogP contribution in [-0.2, 0) is 27.5 Å². The number of sulfone groups is 1. The van der Waals surface area contributed by atoms with E-state index in [2.05, 4.69) is 25.4 Å². The minimum absolute atomic E-state index is 0.188. The van der Waals surface area contributed by atoms with Crippen LogP contribution in [0.4, 0.5) is 5.69 Å². The highest BCUT2D eigenvalue weighted by Crippen LogP contribution is 2.21. The quantitative estimate of drug-likeness (QED) is 0.517. The van der Waals surface area contributed by atoms with E-state index in [1.54, 1.807) is 6.07 Å². The molecule has 2 saturated heterocycles. The number of benzene rings is 2. The van der Waals surface area contributed by atoms with E-state index in [9.17, 15) is 13.2 Å². The number of anilines is 1. The summed E-state index contributed by atoms with van der Waals surface area (Å²) in [5.41, 5.74) is 3.09. The summed E-state index contributed by atoms with van der Waals surface area (Å²) in [5, 5.41) is 10.2. The fraction of sp³-hybridized carbons (Fsp3) is 0.400. The van der Waals surface area contributed by atoms with Crippen molar-refractivity contribution < 1.29 is 17.9 Å². The van der Waals surface area contributed by atoms with Gasteiger partial charge in [0.15, 0.2) is 15.7 Å². The second-order valence-corrected chi connectivity index (χ2v) is 11.4. The first kappa shape index (κ1) is 23.7. The summed E-state index contributed by atoms with van der Waals surface area (Å²) in [6.07, 6.45) is 3.09. The van der Waals surface area contributed by atoms with Crippen LogP contribution in [-0.4, -0.2) is 71.7 Å². The molecule has 1 unspecified atom stereocenters. The standard InChI is InChI=1S/C25H29N5O4S/c31-25(20-4-1-3-18(15-20)17-30-10-13-35(32,33)14-11-30)26-21-8-6-19(7-9-21)24-27-23(28-29-24)16-22-5-2-12-34-22/h1,3-4,6-9,15,22H,2,5,10-14,16-17H2,(H,26,31)(H,27,28,29). The maximum absolute atomic E-state index is 12.8. The first-order chi connectivity index (χ1) is 16.9. The number of carbonyl (C=O) groups excluding carboxylic acids is 1. The molecule has 0 saturated carbocycles. The number of hydrogen-bond acceptors (Lipinski definition) is 7. The van der Waals surface area contributed by atoms with E-state index in [-0.39, 0.29) is 23.5 Å². The number of amides is 1. The van der Waals surface area contributed by atoms with Gasteiger partial charge in [-0.2, -0.15) is 5.10 Å². The van der Waals surface area contributed by atoms with Crippen LogP contribution in [0.1, 0.15) is 34.6 Å². The molecule has 0 radical (unpaired) electrons. The van der Waals surface area contributed by atoms with Crippen LogP contribution in [0.25, 0.3) is 11.4 Å². The van der Waals surface area contributed by atoms with E-state index in [1.807, 2.05) is 42.5 Å². The van der Waals surface area contributed by atoms with E-state index >= 15 is 0 Å². The molecule has 2 fully saturated rings. The molecule has 1 atom stereocenters. The van der Waals surface area contributed by atoms with Crippen molar-refractivity contribution in [1.82, 2.24) is 20.1 Å². The van der Waals surface area contributed by atoms with Crippen LogP contribution in [0.3, 0.4) is 0 Å². The lowest BCUT2D eigenvalue weighted by Crippen LogP contribution is -2.39. The molecule has 2 aliphatic rings. The van der Waals surface area contributed by atoms with Crippen molar-refractivity contribution in [2.24, 2.45) is 0 Å². The van der Waals surface area contributed by atoms with Crippen LogP contribution in [0.5, 0.6) is 0 Å². The van der Waals surface area contributed by atoms with Crippen LogP contribution in [0, 0.1) is 0 Å². The number of aromatic nitrogens is 3. The van der Waals surface area contributed by atoms with Gasteiger partial charge in [-0.3, -0.25) is 14.8 Å². The maximum atomic E-state index is 12.8. The van der Waals surface area contributed by atoms with E-state index in [1.165, 1.54) is 0 Å². The zero-order valence-corrected chi connectivity index (χ0v) is 20.3. The largest absolute Gasteiger partial charge is 0.378 e. The molecule has 5 rings (SSSR count). The Kier molecular flexibility index (Phi) is 6.94. The zero-order chi connectivity index (χ0) is 24.3. The van der Waals surface area contributed by atoms with Crippen molar-refractivity contribution in [3.05, 3.63) is 65.5 Å². The zero-order valence-electron chi connectivity index (χ0n) is 19.4. The van der Waals surface area contributed by atoms with Gasteiger partial charge >= 0.3 is 0 Å². The van der Waals surface area contributed by atoms with Crippen molar-refractivity contribution >= 4 is 21.4 Å². The molecule has 1 aromatic heterocycles. The highest BCUT2D eigenvalue weighted by molar-refractivity contribution is 7.91. The topological polar surface area (TPSA) is 117 Å². The molecule has 35 heavy (non-hydrogen) atoms. The number of nitrogens with one attached hydrogen (secondary N) is 2. The molecule has 0 aliphatic carbocycles. The van der Waals surface area contributed by atoms with Gasteiger partial charge in [0, 0.05) is 49.5 Å². The van der Waals surface area contributed by atoms with Crippen molar-refractivity contribution in [3.63, 3.8) is 0 Å². The van der Waals surface area contributed by atoms with Crippen LogP contribution in [0.2, 0.25) is 0 Å². The Morgan fingerprint density at radius 3 is 2.69 bits per heavy atom. The summed E-state index contributed by atoms with van der Waals surface area (Å²) < 4.78 is 28.9. The van der Waals surface area contributed by atoms with Gasteiger partial charge in [-0.15, -0.1) is 0 Å². The number of carbonyl (C=O) groups is 1. The lowest BCUT2D eigenvalue weighted by Gasteiger charge is -2.26. The molecule has 0 bridgehead atoms. The molecule has 9 nitrogen and oxygen atoms in total. The molecule has 2 N–H and O–H groups in total. The fourth-order valence-corrected chi connectivity index (χ4v) is 5.70. The lowest BCUT2D eigenvalue weighted by molar-refractivity contribution is 0.102. The second-order valence-electron chi connectivity index (χ2n) is 9.10. The van der Waals surface area contributed by atoms with Gasteiger partial charge in [-0.25, -0.2) is 13.4 Å². The number of ether oxygens (including phenoxy) is 1. The maximum Gasteiger partial charge on any atom is 0.255 e. The second kappa shape index (κ2) is 10.3. The van der Waals surface area contributed by atoms with Crippen LogP contribution < -0.4 is 5.32 Å². The molecule has 10 heteroatoms. The Labute approximate surface area is 204 Å². The SMILES string of the molecule is O=C(Nc1ccc(-c2n[nH]c(CC3CCCO3)n2)cc1)c1cccc(CN2CCS(=O)(=O)CC2)c1. The van der Waals surface area contributed by atoms with Crippen molar-refractivity contribution in [2.75, 3.05) is 36.5 Å². The number of hydrogen-bond donors (Lipinski definition) is 2. The lowest BCUT2D eigenvalue weighted by atomic mass is 10.1. The highest BCUT2D eigenvalue weighted by Gasteiger charge is 2.22. The number of H-pyrrole nitrogens is 1. The summed E-state index contributed by atoms with van der Waals surface area (Å²) in [5.74, 6) is 1.61. The van der Waals surface area contributed by atoms with Gasteiger partial charge in [0.2, 0.25) is 0 Å². The molecule has 1 amide bonds. The normalized spacial score (nSPS) is 20.1. The predicted molar refractivity (Wildman–Crippen MR) is 133 cm³/mol. The molecule has 184 valence electrons. The number of nitrogens with zero attached hydrogens (tertiary/aromatic N) is 3. The van der Waals surface area contributed by atoms with Gasteiger partial charge in [0.1, 0.15) is 5.82 Å². The van der Waals surface area contributed by atoms with Crippen molar-refractivity contribution in [3.8, 4) is 11.4 Å². The Morgan fingerprint density at radius 2 is 1.94 bits per heavy atom. The van der Waals surface area contributed by atoms with E-state index in [0.29, 0.717) is 36.7 Å². The van der Waals surface area contributed by atoms with E-state index in [0.717, 1.165) is 42.8 Å². The van der Waals surface area contributed by atoms with Gasteiger partial charge < -0.3 is 10.1 Å². The monoisotopic (exact) mass is 495 g/mol. The molecular weight excluding hydrogens is 466 g/mol. The smallest absolute Gasteiger partial charge is 0.255 e. The molecule has 2 aromatic carbocycles. The van der Waals surface area contributed by atoms with E-state index < -0.39 is 9.84 Å². The van der Waals surface area contributed by atoms with E-state index in [4.69, 9.17) is 4.74 Å². The average molecular weight is 496 g/mol. The van der Waals surface area contributed by atoms with Crippen molar-refractivity contribution in [2.45, 2.75) is 31.9 Å². The Bertz CT molecular complexity index is 1270. The fourth-order valence-electron chi connectivity index (χ4n) is 4.42.